The minimum Gasteiger partial charge on any atom is -0.282 e. The Morgan fingerprint density at radius 1 is 1.12 bits per heavy atom. The van der Waals surface area contributed by atoms with Crippen molar-refractivity contribution in [3.05, 3.63) is 58.6 Å². The predicted octanol–water partition coefficient (Wildman–Crippen LogP) is 3.47. The van der Waals surface area contributed by atoms with Crippen molar-refractivity contribution >= 4 is 44.9 Å². The Balaban J connectivity index is 2.29. The third kappa shape index (κ3) is 5.11. The van der Waals surface area contributed by atoms with E-state index in [1.807, 2.05) is 12.2 Å². The fourth-order valence-electron chi connectivity index (χ4n) is 2.31. The van der Waals surface area contributed by atoms with Gasteiger partial charge in [0.25, 0.3) is 10.1 Å². The molecule has 0 saturated carbocycles. The van der Waals surface area contributed by atoms with E-state index >= 15 is 0 Å². The van der Waals surface area contributed by atoms with Crippen LogP contribution in [0.25, 0.3) is 0 Å². The van der Waals surface area contributed by atoms with Crippen LogP contribution in [0.15, 0.2) is 68.6 Å². The van der Waals surface area contributed by atoms with E-state index in [1.54, 1.807) is 24.3 Å². The normalized spacial score (nSPS) is 23.6. The van der Waals surface area contributed by atoms with E-state index in [-0.39, 0.29) is 17.0 Å². The lowest BCUT2D eigenvalue weighted by molar-refractivity contribution is 0.491. The van der Waals surface area contributed by atoms with Gasteiger partial charge in [0.15, 0.2) is 0 Å². The SMILES string of the molecule is O=S(=O)(O)C(=CC1=CCC(N=C=S)C=C1)C1=CCC(N=C=S)C=C1. The van der Waals surface area contributed by atoms with Gasteiger partial charge in [-0.1, -0.05) is 36.5 Å². The molecule has 0 heterocycles. The van der Waals surface area contributed by atoms with Crippen LogP contribution in [-0.4, -0.2) is 35.4 Å². The van der Waals surface area contributed by atoms with Crippen LogP contribution in [0.2, 0.25) is 0 Å². The summed E-state index contributed by atoms with van der Waals surface area (Å²) in [5, 5.41) is 4.62. The fourth-order valence-corrected chi connectivity index (χ4v) is 3.31. The highest BCUT2D eigenvalue weighted by atomic mass is 32.2. The highest BCUT2D eigenvalue weighted by Crippen LogP contribution is 2.26. The summed E-state index contributed by atoms with van der Waals surface area (Å²) in [5.41, 5.74) is 1.09. The zero-order valence-electron chi connectivity index (χ0n) is 12.5. The molecule has 0 spiro atoms. The first-order valence-electron chi connectivity index (χ1n) is 7.04. The van der Waals surface area contributed by atoms with Gasteiger partial charge >= 0.3 is 0 Å². The maximum Gasteiger partial charge on any atom is 0.295 e. The number of allylic oxidation sites excluding steroid dienone is 5. The molecule has 0 aromatic rings. The molecular weight excluding hydrogens is 364 g/mol. The lowest BCUT2D eigenvalue weighted by Crippen LogP contribution is -2.09. The molecule has 0 saturated heterocycles. The number of nitrogens with zero attached hydrogens (tertiary/aromatic N) is 2. The zero-order valence-corrected chi connectivity index (χ0v) is 14.9. The molecule has 5 nitrogen and oxygen atoms in total. The fraction of sp³-hybridized carbons (Fsp3) is 0.250. The average molecular weight is 379 g/mol. The molecule has 8 heteroatoms. The van der Waals surface area contributed by atoms with Crippen molar-refractivity contribution in [2.45, 2.75) is 24.9 Å². The number of aliphatic imine (C=N–C) groups is 2. The van der Waals surface area contributed by atoms with Gasteiger partial charge in [0.05, 0.1) is 22.4 Å². The van der Waals surface area contributed by atoms with Crippen LogP contribution in [0.3, 0.4) is 0 Å². The molecule has 0 bridgehead atoms. The van der Waals surface area contributed by atoms with Crippen molar-refractivity contribution < 1.29 is 13.0 Å². The molecule has 0 aromatic carbocycles. The van der Waals surface area contributed by atoms with Crippen LogP contribution in [-0.2, 0) is 10.1 Å². The quantitative estimate of drug-likeness (QED) is 0.450. The Bertz CT molecular complexity index is 866. The predicted molar refractivity (Wildman–Crippen MR) is 101 cm³/mol. The van der Waals surface area contributed by atoms with E-state index in [0.717, 1.165) is 0 Å². The highest BCUT2D eigenvalue weighted by molar-refractivity contribution is 7.90. The largest absolute Gasteiger partial charge is 0.295 e. The first kappa shape index (κ1) is 18.5. The maximum absolute atomic E-state index is 11.7. The lowest BCUT2D eigenvalue weighted by Gasteiger charge is -2.14. The number of thiocarbonyl (C=S) groups is 2. The van der Waals surface area contributed by atoms with Gasteiger partial charge in [-0.15, -0.1) is 0 Å². The molecule has 0 aliphatic heterocycles. The molecule has 0 radical (unpaired) electrons. The summed E-state index contributed by atoms with van der Waals surface area (Å²) in [5.74, 6) is 0. The van der Waals surface area contributed by atoms with Gasteiger partial charge in [0, 0.05) is 0 Å². The first-order chi connectivity index (χ1) is 11.4. The van der Waals surface area contributed by atoms with Crippen molar-refractivity contribution in [3.8, 4) is 0 Å². The molecule has 2 unspecified atom stereocenters. The molecule has 0 fully saturated rings. The molecule has 0 aromatic heterocycles. The minimum absolute atomic E-state index is 0.0871. The van der Waals surface area contributed by atoms with Crippen molar-refractivity contribution in [1.82, 2.24) is 0 Å². The van der Waals surface area contributed by atoms with Gasteiger partial charge in [-0.2, -0.15) is 8.42 Å². The first-order valence-corrected chi connectivity index (χ1v) is 9.30. The zero-order chi connectivity index (χ0) is 17.6. The van der Waals surface area contributed by atoms with Crippen molar-refractivity contribution in [2.24, 2.45) is 9.98 Å². The van der Waals surface area contributed by atoms with Gasteiger partial charge in [0.1, 0.15) is 4.91 Å². The topological polar surface area (TPSA) is 79.1 Å². The molecule has 24 heavy (non-hydrogen) atoms. The monoisotopic (exact) mass is 378 g/mol. The second-order valence-electron chi connectivity index (χ2n) is 5.11. The highest BCUT2D eigenvalue weighted by Gasteiger charge is 2.20. The molecule has 2 aliphatic rings. The van der Waals surface area contributed by atoms with Crippen LogP contribution in [0, 0.1) is 0 Å². The van der Waals surface area contributed by atoms with Crippen molar-refractivity contribution in [3.63, 3.8) is 0 Å². The summed E-state index contributed by atoms with van der Waals surface area (Å²) in [6, 6.07) is -0.244. The number of hydrogen-bond donors (Lipinski definition) is 1. The summed E-state index contributed by atoms with van der Waals surface area (Å²) in [7, 11) is -4.37. The summed E-state index contributed by atoms with van der Waals surface area (Å²) in [4.78, 5) is 7.74. The minimum atomic E-state index is -4.37. The Kier molecular flexibility index (Phi) is 6.45. The average Bonchev–Trinajstić information content (AvgIpc) is 2.55. The molecule has 2 rings (SSSR count). The molecule has 2 atom stereocenters. The summed E-state index contributed by atoms with van der Waals surface area (Å²) >= 11 is 9.12. The Labute approximate surface area is 151 Å². The molecule has 1 N–H and O–H groups in total. The van der Waals surface area contributed by atoms with Crippen LogP contribution < -0.4 is 0 Å². The van der Waals surface area contributed by atoms with E-state index in [4.69, 9.17) is 0 Å². The molecule has 0 amide bonds. The second kappa shape index (κ2) is 8.35. The Morgan fingerprint density at radius 3 is 2.12 bits per heavy atom. The number of rotatable bonds is 5. The summed E-state index contributed by atoms with van der Waals surface area (Å²) in [6.07, 6.45) is 12.9. The molecule has 124 valence electrons. The Morgan fingerprint density at radius 2 is 1.71 bits per heavy atom. The van der Waals surface area contributed by atoms with Gasteiger partial charge in [0.2, 0.25) is 0 Å². The van der Waals surface area contributed by atoms with Gasteiger partial charge in [-0.3, -0.25) is 4.55 Å². The lowest BCUT2D eigenvalue weighted by atomic mass is 9.99. The van der Waals surface area contributed by atoms with E-state index in [1.165, 1.54) is 6.08 Å². The number of isothiocyanates is 2. The van der Waals surface area contributed by atoms with Crippen LogP contribution >= 0.6 is 24.4 Å². The van der Waals surface area contributed by atoms with E-state index < -0.39 is 10.1 Å². The summed E-state index contributed by atoms with van der Waals surface area (Å²) < 4.78 is 33.0. The smallest absolute Gasteiger partial charge is 0.282 e. The Hall–Kier alpha value is -1.79. The van der Waals surface area contributed by atoms with Crippen molar-refractivity contribution in [1.29, 1.82) is 0 Å². The van der Waals surface area contributed by atoms with Gasteiger partial charge in [-0.05, 0) is 54.5 Å². The molecule has 2 aliphatic carbocycles. The van der Waals surface area contributed by atoms with E-state index in [0.29, 0.717) is 24.0 Å². The number of hydrogen-bond acceptors (Lipinski definition) is 6. The van der Waals surface area contributed by atoms with Crippen LogP contribution in [0.1, 0.15) is 12.8 Å². The second-order valence-corrected chi connectivity index (χ2v) is 6.87. The third-order valence-electron chi connectivity index (χ3n) is 3.48. The molecular formula is C16H14N2O3S3. The van der Waals surface area contributed by atoms with E-state index in [9.17, 15) is 13.0 Å². The van der Waals surface area contributed by atoms with Crippen molar-refractivity contribution in [2.75, 3.05) is 0 Å². The summed E-state index contributed by atoms with van der Waals surface area (Å²) in [6.45, 7) is 0. The van der Waals surface area contributed by atoms with Gasteiger partial charge < -0.3 is 0 Å². The van der Waals surface area contributed by atoms with Gasteiger partial charge in [-0.25, -0.2) is 9.98 Å². The standard InChI is InChI=1S/C16H14N2O3S3/c19-24(20,21)16(13-3-7-15(8-4-13)18-11-23)9-12-1-5-14(6-2-12)17-10-22/h1-5,7,9,14-15H,6,8H2,(H,19,20,21). The maximum atomic E-state index is 11.7. The van der Waals surface area contributed by atoms with Crippen LogP contribution in [0.4, 0.5) is 0 Å². The van der Waals surface area contributed by atoms with Crippen LogP contribution in [0.5, 0.6) is 0 Å². The van der Waals surface area contributed by atoms with E-state index in [2.05, 4.69) is 44.7 Å². The third-order valence-corrected chi connectivity index (χ3v) is 4.60.